The third-order valence-corrected chi connectivity index (χ3v) is 4.67. The number of fused-ring (bicyclic) bond motifs is 1. The molecule has 1 aliphatic carbocycles. The maximum Gasteiger partial charge on any atom is 0.127 e. The lowest BCUT2D eigenvalue weighted by Crippen LogP contribution is -2.33. The summed E-state index contributed by atoms with van der Waals surface area (Å²) in [5, 5.41) is -0.0772. The van der Waals surface area contributed by atoms with Crippen LogP contribution in [0.2, 0.25) is 0 Å². The van der Waals surface area contributed by atoms with Gasteiger partial charge in [0.25, 0.3) is 0 Å². The third-order valence-electron chi connectivity index (χ3n) is 3.80. The van der Waals surface area contributed by atoms with Crippen molar-refractivity contribution < 1.29 is 4.74 Å². The average Bonchev–Trinajstić information content (AvgIpc) is 2.66. The van der Waals surface area contributed by atoms with E-state index in [0.29, 0.717) is 12.1 Å². The van der Waals surface area contributed by atoms with Crippen molar-refractivity contribution in [1.29, 1.82) is 0 Å². The average molecular weight is 391 g/mol. The lowest BCUT2D eigenvalue weighted by molar-refractivity contribution is 0.00658. The van der Waals surface area contributed by atoms with E-state index in [9.17, 15) is 0 Å². The highest BCUT2D eigenvalue weighted by Gasteiger charge is 2.33. The van der Waals surface area contributed by atoms with Gasteiger partial charge in [0.15, 0.2) is 0 Å². The van der Waals surface area contributed by atoms with Crippen molar-refractivity contribution in [1.82, 2.24) is 9.55 Å². The summed E-state index contributed by atoms with van der Waals surface area (Å²) in [5.41, 5.74) is 2.22. The van der Waals surface area contributed by atoms with Gasteiger partial charge in [0.05, 0.1) is 22.5 Å². The van der Waals surface area contributed by atoms with Gasteiger partial charge in [-0.1, -0.05) is 0 Å². The number of halogens is 2. The van der Waals surface area contributed by atoms with E-state index in [-0.39, 0.29) is 5.38 Å². The second-order valence-corrected chi connectivity index (χ2v) is 6.97. The zero-order valence-corrected chi connectivity index (χ0v) is 13.9. The van der Waals surface area contributed by atoms with Crippen molar-refractivity contribution in [2.75, 3.05) is 7.11 Å². The molecule has 0 saturated heterocycles. The zero-order valence-electron chi connectivity index (χ0n) is 10.9. The van der Waals surface area contributed by atoms with E-state index in [1.165, 1.54) is 9.09 Å². The van der Waals surface area contributed by atoms with Crippen LogP contribution in [-0.4, -0.2) is 22.8 Å². The first-order valence-corrected chi connectivity index (χ1v) is 7.96. The maximum absolute atomic E-state index is 6.30. The van der Waals surface area contributed by atoms with Crippen molar-refractivity contribution in [3.05, 3.63) is 27.6 Å². The van der Waals surface area contributed by atoms with E-state index in [1.807, 2.05) is 6.92 Å². The molecule has 102 valence electrons. The third kappa shape index (κ3) is 2.38. The lowest BCUT2D eigenvalue weighted by Gasteiger charge is -2.36. The number of methoxy groups -OCH3 is 1. The second-order valence-electron chi connectivity index (χ2n) is 5.07. The Bertz CT molecular complexity index is 605. The number of ether oxygens (including phenoxy) is 1. The molecule has 5 heteroatoms. The molecule has 19 heavy (non-hydrogen) atoms. The zero-order chi connectivity index (χ0) is 13.6. The van der Waals surface area contributed by atoms with Crippen LogP contribution in [0.5, 0.6) is 0 Å². The quantitative estimate of drug-likeness (QED) is 0.577. The number of imidazole rings is 1. The van der Waals surface area contributed by atoms with E-state index < -0.39 is 0 Å². The first-order valence-electron chi connectivity index (χ1n) is 6.44. The number of hydrogen-bond donors (Lipinski definition) is 0. The number of aromatic nitrogens is 2. The van der Waals surface area contributed by atoms with Crippen LogP contribution in [0, 0.1) is 3.57 Å². The smallest absolute Gasteiger partial charge is 0.127 e. The number of benzene rings is 1. The van der Waals surface area contributed by atoms with Gasteiger partial charge in [-0.15, -0.1) is 11.6 Å². The topological polar surface area (TPSA) is 27.1 Å². The standard InChI is InChI=1S/C14H16ClIN2O/c1-8(15)14-17-12-5-9(16)3-4-13(12)18(14)10-6-11(7-10)19-2/h3-5,8,10-11H,6-7H2,1-2H3. The maximum atomic E-state index is 6.30. The minimum atomic E-state index is -0.0772. The molecule has 1 aliphatic rings. The minimum absolute atomic E-state index is 0.0772. The van der Waals surface area contributed by atoms with E-state index in [0.717, 1.165) is 24.2 Å². The van der Waals surface area contributed by atoms with Crippen LogP contribution in [0.3, 0.4) is 0 Å². The minimum Gasteiger partial charge on any atom is -0.381 e. The molecule has 3 rings (SSSR count). The summed E-state index contributed by atoms with van der Waals surface area (Å²) in [6.45, 7) is 1.98. The summed E-state index contributed by atoms with van der Waals surface area (Å²) in [6.07, 6.45) is 2.47. The van der Waals surface area contributed by atoms with Gasteiger partial charge in [-0.3, -0.25) is 0 Å². The fourth-order valence-corrected chi connectivity index (χ4v) is 3.32. The summed E-state index contributed by atoms with van der Waals surface area (Å²) in [4.78, 5) is 4.71. The molecule has 0 spiro atoms. The Balaban J connectivity index is 2.07. The molecule has 0 N–H and O–H groups in total. The summed E-state index contributed by atoms with van der Waals surface area (Å²) in [7, 11) is 1.78. The van der Waals surface area contributed by atoms with Crippen LogP contribution in [0.25, 0.3) is 11.0 Å². The molecule has 0 amide bonds. The van der Waals surface area contributed by atoms with Crippen molar-refractivity contribution in [2.24, 2.45) is 0 Å². The molecular formula is C14H16ClIN2O. The Morgan fingerprint density at radius 2 is 2.21 bits per heavy atom. The van der Waals surface area contributed by atoms with Gasteiger partial charge >= 0.3 is 0 Å². The van der Waals surface area contributed by atoms with Crippen LogP contribution < -0.4 is 0 Å². The fraction of sp³-hybridized carbons (Fsp3) is 0.500. The SMILES string of the molecule is COC1CC(n2c(C(C)Cl)nc3cc(I)ccc32)C1. The van der Waals surface area contributed by atoms with E-state index in [4.69, 9.17) is 21.3 Å². The molecule has 2 aromatic rings. The van der Waals surface area contributed by atoms with Gasteiger partial charge < -0.3 is 9.30 Å². The Hall–Kier alpha value is -0.330. The Morgan fingerprint density at radius 3 is 2.84 bits per heavy atom. The largest absolute Gasteiger partial charge is 0.381 e. The summed E-state index contributed by atoms with van der Waals surface area (Å²) in [6, 6.07) is 6.84. The van der Waals surface area contributed by atoms with Gasteiger partial charge in [-0.2, -0.15) is 0 Å². The summed E-state index contributed by atoms with van der Waals surface area (Å²) in [5.74, 6) is 0.971. The van der Waals surface area contributed by atoms with Gasteiger partial charge in [-0.25, -0.2) is 4.98 Å². The van der Waals surface area contributed by atoms with Crippen molar-refractivity contribution in [3.8, 4) is 0 Å². The van der Waals surface area contributed by atoms with Gasteiger partial charge in [0.2, 0.25) is 0 Å². The van der Waals surface area contributed by atoms with Crippen LogP contribution in [0.4, 0.5) is 0 Å². The predicted octanol–water partition coefficient (Wildman–Crippen LogP) is 4.29. The summed E-state index contributed by atoms with van der Waals surface area (Å²) < 4.78 is 8.88. The van der Waals surface area contributed by atoms with E-state index in [1.54, 1.807) is 7.11 Å². The predicted molar refractivity (Wildman–Crippen MR) is 85.8 cm³/mol. The molecule has 1 atom stereocenters. The molecular weight excluding hydrogens is 375 g/mol. The number of rotatable bonds is 3. The van der Waals surface area contributed by atoms with Crippen LogP contribution in [0.1, 0.15) is 37.0 Å². The molecule has 1 unspecified atom stereocenters. The van der Waals surface area contributed by atoms with Crippen molar-refractivity contribution in [2.45, 2.75) is 37.3 Å². The molecule has 1 aromatic heterocycles. The highest BCUT2D eigenvalue weighted by atomic mass is 127. The number of nitrogens with zero attached hydrogens (tertiary/aromatic N) is 2. The molecule has 0 bridgehead atoms. The molecule has 1 aromatic carbocycles. The fourth-order valence-electron chi connectivity index (χ4n) is 2.70. The highest BCUT2D eigenvalue weighted by Crippen LogP contribution is 2.39. The van der Waals surface area contributed by atoms with Crippen LogP contribution in [0.15, 0.2) is 18.2 Å². The van der Waals surface area contributed by atoms with E-state index >= 15 is 0 Å². The number of hydrogen-bond acceptors (Lipinski definition) is 2. The number of alkyl halides is 1. The molecule has 0 aliphatic heterocycles. The van der Waals surface area contributed by atoms with Gasteiger partial charge in [-0.05, 0) is 60.6 Å². The molecule has 3 nitrogen and oxygen atoms in total. The monoisotopic (exact) mass is 390 g/mol. The first-order chi connectivity index (χ1) is 9.10. The molecule has 1 heterocycles. The Kier molecular flexibility index (Phi) is 3.75. The van der Waals surface area contributed by atoms with Gasteiger partial charge in [0, 0.05) is 16.7 Å². The van der Waals surface area contributed by atoms with Crippen molar-refractivity contribution >= 4 is 45.2 Å². The molecule has 1 saturated carbocycles. The van der Waals surface area contributed by atoms with Gasteiger partial charge in [0.1, 0.15) is 5.82 Å². The Morgan fingerprint density at radius 1 is 1.47 bits per heavy atom. The second kappa shape index (κ2) is 5.22. The normalized spacial score (nSPS) is 24.4. The Labute approximate surface area is 131 Å². The van der Waals surface area contributed by atoms with Crippen molar-refractivity contribution in [3.63, 3.8) is 0 Å². The van der Waals surface area contributed by atoms with Crippen LogP contribution >= 0.6 is 34.2 Å². The first kappa shape index (κ1) is 13.6. The summed E-state index contributed by atoms with van der Waals surface area (Å²) >= 11 is 8.61. The lowest BCUT2D eigenvalue weighted by atomic mass is 9.88. The molecule has 1 fully saturated rings. The highest BCUT2D eigenvalue weighted by molar-refractivity contribution is 14.1. The molecule has 0 radical (unpaired) electrons. The van der Waals surface area contributed by atoms with E-state index in [2.05, 4.69) is 45.4 Å². The van der Waals surface area contributed by atoms with Crippen LogP contribution in [-0.2, 0) is 4.74 Å².